The summed E-state index contributed by atoms with van der Waals surface area (Å²) < 4.78 is 141. The van der Waals surface area contributed by atoms with Gasteiger partial charge in [-0.25, -0.2) is 4.79 Å². The first-order chi connectivity index (χ1) is 21.1. The van der Waals surface area contributed by atoms with Crippen molar-refractivity contribution < 1.29 is 68.4 Å². The Labute approximate surface area is 282 Å². The summed E-state index contributed by atoms with van der Waals surface area (Å²) in [6.07, 6.45) is -17.8. The van der Waals surface area contributed by atoms with E-state index < -0.39 is 82.2 Å². The van der Waals surface area contributed by atoms with Gasteiger partial charge >= 0.3 is 30.5 Å². The minimum atomic E-state index is -5.78. The van der Waals surface area contributed by atoms with E-state index in [1.165, 1.54) is 13.2 Å². The van der Waals surface area contributed by atoms with Gasteiger partial charge in [0, 0.05) is 17.1 Å². The summed E-state index contributed by atoms with van der Waals surface area (Å²) in [4.78, 5) is 27.2. The number of rotatable bonds is 6. The molecule has 2 aromatic rings. The summed E-state index contributed by atoms with van der Waals surface area (Å²) >= 11 is 3.88. The molecule has 4 aliphatic rings. The van der Waals surface area contributed by atoms with Gasteiger partial charge in [-0.15, -0.1) is 0 Å². The number of hydrogen-bond donors (Lipinski definition) is 1. The van der Waals surface area contributed by atoms with Crippen molar-refractivity contribution in [1.82, 2.24) is 0 Å². The topological polar surface area (TPSA) is 82.1 Å². The van der Waals surface area contributed by atoms with Crippen molar-refractivity contribution in [2.24, 2.45) is 17.3 Å². The molecule has 0 saturated heterocycles. The summed E-state index contributed by atoms with van der Waals surface area (Å²) in [5, 5.41) is 10.4. The number of aliphatic hydroxyl groups excluding tert-OH is 1. The Morgan fingerprint density at radius 1 is 0.870 bits per heavy atom. The quantitative estimate of drug-likeness (QED) is 0.103. The number of carbonyl (C=O) groups excluding carboxylic acids is 2. The molecule has 0 aromatic heterocycles. The van der Waals surface area contributed by atoms with Crippen LogP contribution in [0.2, 0.25) is 0 Å². The van der Waals surface area contributed by atoms with Crippen LogP contribution in [0.3, 0.4) is 0 Å². The number of ether oxygens (including phenoxy) is 3. The van der Waals surface area contributed by atoms with Crippen molar-refractivity contribution in [3.63, 3.8) is 0 Å². The fourth-order valence-electron chi connectivity index (χ4n) is 7.46. The van der Waals surface area contributed by atoms with E-state index in [2.05, 4.69) is 0 Å². The predicted octanol–water partition coefficient (Wildman–Crippen LogP) is 8.69. The van der Waals surface area contributed by atoms with E-state index in [0.717, 1.165) is 0 Å². The minimum absolute atomic E-state index is 0.00320. The SMILES string of the molecule is COC(O)c1cc(I)cc(I)c1OC(=O)C12CC3CC(CC(OC(=O)c4c(C(F)(F)F)cc(C(F)(F)F)cc4C(F)(F)F)(C3)C1)C2. The Balaban J connectivity index is 1.52. The smallest absolute Gasteiger partial charge is 0.417 e. The van der Waals surface area contributed by atoms with E-state index in [4.69, 9.17) is 14.2 Å². The van der Waals surface area contributed by atoms with Crippen LogP contribution < -0.4 is 4.74 Å². The molecular weight excluding hydrogens is 869 g/mol. The molecule has 0 spiro atoms. The van der Waals surface area contributed by atoms with E-state index >= 15 is 0 Å². The van der Waals surface area contributed by atoms with Gasteiger partial charge in [0.2, 0.25) is 0 Å². The molecule has 17 heteroatoms. The van der Waals surface area contributed by atoms with Crippen LogP contribution in [0.15, 0.2) is 24.3 Å². The van der Waals surface area contributed by atoms with Crippen LogP contribution in [0.4, 0.5) is 39.5 Å². The highest BCUT2D eigenvalue weighted by atomic mass is 127. The summed E-state index contributed by atoms with van der Waals surface area (Å²) in [6, 6.07) is 2.11. The van der Waals surface area contributed by atoms with E-state index in [9.17, 15) is 54.2 Å². The fourth-order valence-corrected chi connectivity index (χ4v) is 9.46. The highest BCUT2D eigenvalue weighted by molar-refractivity contribution is 14.1. The zero-order chi connectivity index (χ0) is 34.2. The largest absolute Gasteiger partial charge is 0.455 e. The molecule has 46 heavy (non-hydrogen) atoms. The molecule has 0 radical (unpaired) electrons. The molecule has 252 valence electrons. The van der Waals surface area contributed by atoms with Crippen molar-refractivity contribution in [2.45, 2.75) is 68.9 Å². The number of methoxy groups -OCH3 is 1. The summed E-state index contributed by atoms with van der Waals surface area (Å²) in [7, 11) is 1.23. The molecule has 6 rings (SSSR count). The van der Waals surface area contributed by atoms with E-state index in [1.807, 2.05) is 45.2 Å². The van der Waals surface area contributed by atoms with Crippen molar-refractivity contribution in [3.8, 4) is 5.75 Å². The molecule has 4 saturated carbocycles. The number of halogens is 11. The molecule has 4 fully saturated rings. The maximum atomic E-state index is 14.0. The first kappa shape index (κ1) is 35.4. The van der Waals surface area contributed by atoms with Crippen molar-refractivity contribution in [2.75, 3.05) is 7.11 Å². The Morgan fingerprint density at radius 2 is 1.41 bits per heavy atom. The summed E-state index contributed by atoms with van der Waals surface area (Å²) in [5.74, 6) is -3.49. The Morgan fingerprint density at radius 3 is 1.89 bits per heavy atom. The molecular formula is C29H23F9I2O6. The summed E-state index contributed by atoms with van der Waals surface area (Å²) in [6.45, 7) is 0. The lowest BCUT2D eigenvalue weighted by molar-refractivity contribution is -0.190. The molecule has 0 aliphatic heterocycles. The average Bonchev–Trinajstić information content (AvgIpc) is 2.90. The van der Waals surface area contributed by atoms with Crippen LogP contribution in [0.1, 0.15) is 77.4 Å². The average molecular weight is 892 g/mol. The van der Waals surface area contributed by atoms with Crippen LogP contribution in [0, 0.1) is 24.4 Å². The Kier molecular flexibility index (Phi) is 9.18. The lowest BCUT2D eigenvalue weighted by atomic mass is 9.48. The van der Waals surface area contributed by atoms with Gasteiger partial charge in [-0.2, -0.15) is 39.5 Å². The number of benzene rings is 2. The number of carbonyl (C=O) groups is 2. The molecule has 6 nitrogen and oxygen atoms in total. The molecule has 4 aliphatic carbocycles. The fraction of sp³-hybridized carbons (Fsp3) is 0.517. The summed E-state index contributed by atoms with van der Waals surface area (Å²) in [5.41, 5.74) is -12.1. The molecule has 4 bridgehead atoms. The lowest BCUT2D eigenvalue weighted by Crippen LogP contribution is -2.60. The first-order valence-electron chi connectivity index (χ1n) is 13.6. The van der Waals surface area contributed by atoms with Gasteiger partial charge in [-0.1, -0.05) is 0 Å². The standard InChI is InChI=1S/C29H23F9I2O6/c1-44-22(41)16-5-15(39)6-19(40)21(16)45-24(43)25-7-12-2-13(8-25)10-26(9-12,11-25)46-23(42)20-17(28(33,34)35)3-14(27(30,31)32)4-18(20)29(36,37)38/h3-6,12-13,22,41H,2,7-11H2,1H3. The number of aliphatic hydroxyl groups is 1. The van der Waals surface area contributed by atoms with Crippen molar-refractivity contribution >= 4 is 57.1 Å². The van der Waals surface area contributed by atoms with Crippen molar-refractivity contribution in [1.29, 1.82) is 0 Å². The minimum Gasteiger partial charge on any atom is -0.455 e. The Hall–Kier alpha value is -1.87. The number of hydrogen-bond acceptors (Lipinski definition) is 6. The van der Waals surface area contributed by atoms with E-state index in [1.54, 1.807) is 6.07 Å². The van der Waals surface area contributed by atoms with Gasteiger partial charge in [-0.05, 0) is 113 Å². The zero-order valence-corrected chi connectivity index (χ0v) is 27.7. The molecule has 0 amide bonds. The maximum absolute atomic E-state index is 14.0. The third-order valence-electron chi connectivity index (χ3n) is 8.75. The van der Waals surface area contributed by atoms with Crippen molar-refractivity contribution in [3.05, 3.63) is 59.2 Å². The predicted molar refractivity (Wildman–Crippen MR) is 156 cm³/mol. The zero-order valence-electron chi connectivity index (χ0n) is 23.4. The second kappa shape index (κ2) is 11.9. The van der Waals surface area contributed by atoms with Crippen LogP contribution in [0.5, 0.6) is 5.75 Å². The van der Waals surface area contributed by atoms with Gasteiger partial charge in [0.1, 0.15) is 5.60 Å². The van der Waals surface area contributed by atoms with Crippen LogP contribution >= 0.6 is 45.2 Å². The van der Waals surface area contributed by atoms with E-state index in [0.29, 0.717) is 13.6 Å². The first-order valence-corrected chi connectivity index (χ1v) is 15.8. The molecule has 3 unspecified atom stereocenters. The third-order valence-corrected chi connectivity index (χ3v) is 10.2. The van der Waals surface area contributed by atoms with Crippen LogP contribution in [-0.2, 0) is 32.8 Å². The van der Waals surface area contributed by atoms with Crippen LogP contribution in [-0.4, -0.2) is 29.8 Å². The van der Waals surface area contributed by atoms with Gasteiger partial charge in [0.15, 0.2) is 12.0 Å². The van der Waals surface area contributed by atoms with E-state index in [-0.39, 0.29) is 55.3 Å². The highest BCUT2D eigenvalue weighted by Gasteiger charge is 2.63. The second-order valence-electron chi connectivity index (χ2n) is 12.0. The van der Waals surface area contributed by atoms with Gasteiger partial charge in [-0.3, -0.25) is 4.79 Å². The molecule has 0 heterocycles. The third kappa shape index (κ3) is 6.70. The lowest BCUT2D eigenvalue weighted by Gasteiger charge is -2.59. The second-order valence-corrected chi connectivity index (χ2v) is 14.4. The Bertz CT molecular complexity index is 1520. The highest BCUT2D eigenvalue weighted by Crippen LogP contribution is 2.63. The normalized spacial score (nSPS) is 26.6. The number of esters is 2. The monoisotopic (exact) mass is 892 g/mol. The molecule has 1 N–H and O–H groups in total. The van der Waals surface area contributed by atoms with Gasteiger partial charge < -0.3 is 19.3 Å². The molecule has 3 atom stereocenters. The van der Waals surface area contributed by atoms with Crippen LogP contribution in [0.25, 0.3) is 0 Å². The number of alkyl halides is 9. The maximum Gasteiger partial charge on any atom is 0.417 e. The van der Waals surface area contributed by atoms with Gasteiger partial charge in [0.25, 0.3) is 0 Å². The van der Waals surface area contributed by atoms with Gasteiger partial charge in [0.05, 0.1) is 36.8 Å². The molecule has 2 aromatic carbocycles.